The van der Waals surface area contributed by atoms with Gasteiger partial charge in [0.25, 0.3) is 0 Å². The lowest BCUT2D eigenvalue weighted by molar-refractivity contribution is -0.141. The second-order valence-corrected chi connectivity index (χ2v) is 5.58. The zero-order valence-electron chi connectivity index (χ0n) is 9.41. The van der Waals surface area contributed by atoms with Crippen molar-refractivity contribution in [1.29, 1.82) is 0 Å². The third kappa shape index (κ3) is 3.42. The molecule has 0 aliphatic rings. The van der Waals surface area contributed by atoms with Crippen LogP contribution in [0.5, 0.6) is 0 Å². The molecule has 0 saturated heterocycles. The molecule has 0 aliphatic carbocycles. The minimum atomic E-state index is -4.48. The van der Waals surface area contributed by atoms with Crippen molar-refractivity contribution in [2.24, 2.45) is 0 Å². The summed E-state index contributed by atoms with van der Waals surface area (Å²) < 4.78 is 38.6. The fourth-order valence-electron chi connectivity index (χ4n) is 1.34. The van der Waals surface area contributed by atoms with Crippen molar-refractivity contribution in [3.8, 4) is 0 Å². The number of pyridine rings is 1. The number of nitrogen functional groups attached to an aromatic ring is 1. The normalized spacial score (nSPS) is 11.6. The van der Waals surface area contributed by atoms with Crippen LogP contribution in [-0.2, 0) is 6.18 Å². The van der Waals surface area contributed by atoms with E-state index in [0.717, 1.165) is 33.4 Å². The molecule has 0 fully saturated rings. The van der Waals surface area contributed by atoms with Crippen LogP contribution >= 0.6 is 27.7 Å². The van der Waals surface area contributed by atoms with Crippen molar-refractivity contribution in [2.75, 3.05) is 5.73 Å². The van der Waals surface area contributed by atoms with E-state index in [1.807, 2.05) is 12.1 Å². The van der Waals surface area contributed by atoms with E-state index in [-0.39, 0.29) is 5.69 Å². The summed E-state index contributed by atoms with van der Waals surface area (Å²) in [5.41, 5.74) is 4.93. The highest BCUT2D eigenvalue weighted by molar-refractivity contribution is 9.10. The van der Waals surface area contributed by atoms with Gasteiger partial charge >= 0.3 is 6.18 Å². The standard InChI is InChI=1S/C12H8BrF3N2S/c13-7-3-1-2-4-9(7)19-10-5-11(12(14,15)16)18-6-8(10)17/h1-6H,17H2. The molecule has 1 heterocycles. The molecule has 0 radical (unpaired) electrons. The lowest BCUT2D eigenvalue weighted by atomic mass is 10.3. The predicted molar refractivity (Wildman–Crippen MR) is 71.9 cm³/mol. The molecule has 0 aliphatic heterocycles. The number of aromatic nitrogens is 1. The van der Waals surface area contributed by atoms with Gasteiger partial charge in [-0.15, -0.1) is 0 Å². The summed E-state index contributed by atoms with van der Waals surface area (Å²) >= 11 is 4.50. The van der Waals surface area contributed by atoms with Crippen LogP contribution in [0, 0.1) is 0 Å². The number of anilines is 1. The maximum absolute atomic E-state index is 12.6. The molecule has 0 atom stereocenters. The lowest BCUT2D eigenvalue weighted by Crippen LogP contribution is -2.08. The smallest absolute Gasteiger partial charge is 0.397 e. The molecule has 19 heavy (non-hydrogen) atoms. The van der Waals surface area contributed by atoms with E-state index in [1.54, 1.807) is 12.1 Å². The number of halogens is 4. The molecular formula is C12H8BrF3N2S. The van der Waals surface area contributed by atoms with Gasteiger partial charge in [0.2, 0.25) is 0 Å². The number of benzene rings is 1. The van der Waals surface area contributed by atoms with E-state index in [4.69, 9.17) is 5.73 Å². The number of nitrogens with two attached hydrogens (primary N) is 1. The fraction of sp³-hybridized carbons (Fsp3) is 0.0833. The third-order valence-electron chi connectivity index (χ3n) is 2.24. The number of rotatable bonds is 2. The molecule has 2 rings (SSSR count). The van der Waals surface area contributed by atoms with Crippen LogP contribution in [0.3, 0.4) is 0 Å². The van der Waals surface area contributed by atoms with E-state index in [1.165, 1.54) is 0 Å². The molecular weight excluding hydrogens is 341 g/mol. The van der Waals surface area contributed by atoms with E-state index >= 15 is 0 Å². The van der Waals surface area contributed by atoms with Crippen molar-refractivity contribution in [3.63, 3.8) is 0 Å². The summed E-state index contributed by atoms with van der Waals surface area (Å²) in [6, 6.07) is 8.19. The molecule has 0 unspecified atom stereocenters. The highest BCUT2D eigenvalue weighted by atomic mass is 79.9. The average Bonchev–Trinajstić information content (AvgIpc) is 2.33. The number of nitrogens with zero attached hydrogens (tertiary/aromatic N) is 1. The van der Waals surface area contributed by atoms with Gasteiger partial charge in [-0.3, -0.25) is 0 Å². The number of hydrogen-bond donors (Lipinski definition) is 1. The highest BCUT2D eigenvalue weighted by Crippen LogP contribution is 2.38. The Morgan fingerprint density at radius 3 is 2.47 bits per heavy atom. The Balaban J connectivity index is 2.38. The van der Waals surface area contributed by atoms with Crippen LogP contribution in [0.1, 0.15) is 5.69 Å². The molecule has 2 nitrogen and oxygen atoms in total. The molecule has 1 aromatic carbocycles. The van der Waals surface area contributed by atoms with Gasteiger partial charge in [0, 0.05) is 14.3 Å². The summed E-state index contributed by atoms with van der Waals surface area (Å²) in [4.78, 5) is 4.41. The molecule has 7 heteroatoms. The first-order valence-electron chi connectivity index (χ1n) is 5.13. The van der Waals surface area contributed by atoms with Crippen LogP contribution in [0.4, 0.5) is 18.9 Å². The molecule has 0 amide bonds. The van der Waals surface area contributed by atoms with Crippen LogP contribution in [-0.4, -0.2) is 4.98 Å². The van der Waals surface area contributed by atoms with Gasteiger partial charge in [0.15, 0.2) is 0 Å². The van der Waals surface area contributed by atoms with Crippen LogP contribution in [0.25, 0.3) is 0 Å². The van der Waals surface area contributed by atoms with Gasteiger partial charge in [-0.25, -0.2) is 4.98 Å². The summed E-state index contributed by atoms with van der Waals surface area (Å²) in [6.45, 7) is 0. The summed E-state index contributed by atoms with van der Waals surface area (Å²) in [6.07, 6.45) is -3.45. The molecule has 1 aromatic heterocycles. The maximum Gasteiger partial charge on any atom is 0.433 e. The molecule has 0 saturated carbocycles. The van der Waals surface area contributed by atoms with Gasteiger partial charge in [-0.1, -0.05) is 23.9 Å². The Bertz CT molecular complexity index is 602. The van der Waals surface area contributed by atoms with E-state index in [2.05, 4.69) is 20.9 Å². The molecule has 0 bridgehead atoms. The predicted octanol–water partition coefficient (Wildman–Crippen LogP) is 4.60. The van der Waals surface area contributed by atoms with Crippen LogP contribution < -0.4 is 5.73 Å². The Morgan fingerprint density at radius 1 is 1.16 bits per heavy atom. The first-order valence-corrected chi connectivity index (χ1v) is 6.74. The Hall–Kier alpha value is -1.21. The van der Waals surface area contributed by atoms with Gasteiger partial charge in [-0.2, -0.15) is 13.2 Å². The average molecular weight is 349 g/mol. The number of hydrogen-bond acceptors (Lipinski definition) is 3. The second-order valence-electron chi connectivity index (χ2n) is 3.64. The minimum absolute atomic E-state index is 0.216. The fourth-order valence-corrected chi connectivity index (χ4v) is 2.75. The number of alkyl halides is 3. The lowest BCUT2D eigenvalue weighted by Gasteiger charge is -2.10. The molecule has 0 spiro atoms. The Labute approximate surface area is 120 Å². The van der Waals surface area contributed by atoms with E-state index in [9.17, 15) is 13.2 Å². The monoisotopic (exact) mass is 348 g/mol. The van der Waals surface area contributed by atoms with Crippen molar-refractivity contribution < 1.29 is 13.2 Å². The largest absolute Gasteiger partial charge is 0.433 e. The van der Waals surface area contributed by atoms with E-state index < -0.39 is 11.9 Å². The summed E-state index contributed by atoms with van der Waals surface area (Å²) in [5.74, 6) is 0. The topological polar surface area (TPSA) is 38.9 Å². The van der Waals surface area contributed by atoms with Crippen molar-refractivity contribution >= 4 is 33.4 Å². The maximum atomic E-state index is 12.6. The SMILES string of the molecule is Nc1cnc(C(F)(F)F)cc1Sc1ccccc1Br. The third-order valence-corrected chi connectivity index (χ3v) is 4.35. The molecule has 100 valence electrons. The van der Waals surface area contributed by atoms with Crippen LogP contribution in [0.2, 0.25) is 0 Å². The molecule has 2 N–H and O–H groups in total. The van der Waals surface area contributed by atoms with Crippen molar-refractivity contribution in [3.05, 3.63) is 46.7 Å². The Kier molecular flexibility index (Phi) is 4.05. The van der Waals surface area contributed by atoms with Gasteiger partial charge in [0.05, 0.1) is 11.9 Å². The van der Waals surface area contributed by atoms with Gasteiger partial charge < -0.3 is 5.73 Å². The van der Waals surface area contributed by atoms with E-state index in [0.29, 0.717) is 4.90 Å². The van der Waals surface area contributed by atoms with Crippen LogP contribution in [0.15, 0.2) is 50.8 Å². The quantitative estimate of drug-likeness (QED) is 0.862. The second kappa shape index (κ2) is 5.42. The summed E-state index contributed by atoms with van der Waals surface area (Å²) in [7, 11) is 0. The van der Waals surface area contributed by atoms with Crippen molar-refractivity contribution in [2.45, 2.75) is 16.0 Å². The summed E-state index contributed by atoms with van der Waals surface area (Å²) in [5, 5.41) is 0. The first kappa shape index (κ1) is 14.2. The minimum Gasteiger partial charge on any atom is -0.397 e. The Morgan fingerprint density at radius 2 is 1.84 bits per heavy atom. The van der Waals surface area contributed by atoms with Gasteiger partial charge in [0.1, 0.15) is 5.69 Å². The first-order chi connectivity index (χ1) is 8.88. The van der Waals surface area contributed by atoms with Gasteiger partial charge in [-0.05, 0) is 34.1 Å². The van der Waals surface area contributed by atoms with Crippen molar-refractivity contribution in [1.82, 2.24) is 4.98 Å². The zero-order valence-corrected chi connectivity index (χ0v) is 11.8. The highest BCUT2D eigenvalue weighted by Gasteiger charge is 2.33. The molecule has 2 aromatic rings. The zero-order chi connectivity index (χ0) is 14.0.